The van der Waals surface area contributed by atoms with Crippen LogP contribution >= 0.6 is 0 Å². The summed E-state index contributed by atoms with van der Waals surface area (Å²) >= 11 is 0. The van der Waals surface area contributed by atoms with Crippen molar-refractivity contribution in [3.8, 4) is 6.07 Å². The Bertz CT molecular complexity index is 546. The summed E-state index contributed by atoms with van der Waals surface area (Å²) in [5.41, 5.74) is 2.15. The van der Waals surface area contributed by atoms with Crippen LogP contribution in [0.5, 0.6) is 0 Å². The number of ketones is 1. The van der Waals surface area contributed by atoms with Crippen molar-refractivity contribution in [1.82, 2.24) is 10.4 Å². The number of nitrogens with one attached hydrogen (secondary N) is 1. The minimum Gasteiger partial charge on any atom is -0.453 e. The van der Waals surface area contributed by atoms with E-state index >= 15 is 0 Å². The first-order valence-electron chi connectivity index (χ1n) is 7.27. The standard InChI is InChI=1S/C16H25N3O4/c1-10(8-14(9-17)11(2)20)16(5,6)19(7)18-15(22)12(3)23-13(4)21/h8,10,12H,1-7H3,(H,18,22)/b14-8-/t10?,12-/m0/s1. The summed E-state index contributed by atoms with van der Waals surface area (Å²) in [5, 5.41) is 10.6. The van der Waals surface area contributed by atoms with Crippen molar-refractivity contribution >= 4 is 17.7 Å². The quantitative estimate of drug-likeness (QED) is 0.329. The van der Waals surface area contributed by atoms with Crippen molar-refractivity contribution in [3.05, 3.63) is 11.6 Å². The van der Waals surface area contributed by atoms with Gasteiger partial charge in [0.15, 0.2) is 11.9 Å². The third kappa shape index (κ3) is 6.20. The second-order valence-corrected chi connectivity index (χ2v) is 5.98. The summed E-state index contributed by atoms with van der Waals surface area (Å²) in [6, 6.07) is 1.87. The lowest BCUT2D eigenvalue weighted by atomic mass is 9.86. The number of esters is 1. The minimum absolute atomic E-state index is 0.0820. The number of carbonyl (C=O) groups excluding carboxylic acids is 3. The van der Waals surface area contributed by atoms with Crippen molar-refractivity contribution in [3.63, 3.8) is 0 Å². The lowest BCUT2D eigenvalue weighted by Crippen LogP contribution is -2.56. The normalized spacial score (nSPS) is 14.7. The summed E-state index contributed by atoms with van der Waals surface area (Å²) in [5.74, 6) is -1.49. The van der Waals surface area contributed by atoms with Gasteiger partial charge in [0, 0.05) is 19.5 Å². The number of hydrazine groups is 1. The largest absolute Gasteiger partial charge is 0.453 e. The second-order valence-electron chi connectivity index (χ2n) is 5.98. The molecule has 0 aromatic carbocycles. The van der Waals surface area contributed by atoms with Gasteiger partial charge in [-0.1, -0.05) is 13.0 Å². The number of rotatable bonds is 7. The van der Waals surface area contributed by atoms with Crippen LogP contribution < -0.4 is 5.43 Å². The van der Waals surface area contributed by atoms with Crippen molar-refractivity contribution in [2.75, 3.05) is 7.05 Å². The van der Waals surface area contributed by atoms with Crippen LogP contribution in [0.25, 0.3) is 0 Å². The highest BCUT2D eigenvalue weighted by Gasteiger charge is 2.32. The number of hydrogen-bond acceptors (Lipinski definition) is 6. The molecule has 0 heterocycles. The fraction of sp³-hybridized carbons (Fsp3) is 0.625. The molecule has 23 heavy (non-hydrogen) atoms. The molecule has 0 rings (SSSR count). The summed E-state index contributed by atoms with van der Waals surface area (Å²) < 4.78 is 4.82. The number of Topliss-reactive ketones (excluding diaryl/α,β-unsaturated/α-hetero) is 1. The molecule has 1 N–H and O–H groups in total. The van der Waals surface area contributed by atoms with Gasteiger partial charge in [-0.3, -0.25) is 19.8 Å². The van der Waals surface area contributed by atoms with Crippen molar-refractivity contribution < 1.29 is 19.1 Å². The summed E-state index contributed by atoms with van der Waals surface area (Å²) in [4.78, 5) is 34.2. The molecule has 0 aliphatic heterocycles. The zero-order valence-corrected chi connectivity index (χ0v) is 14.8. The Hall–Kier alpha value is -2.20. The molecule has 0 spiro atoms. The zero-order valence-electron chi connectivity index (χ0n) is 14.8. The Labute approximate surface area is 137 Å². The number of hydrogen-bond donors (Lipinski definition) is 1. The molecule has 0 aromatic rings. The molecule has 1 amide bonds. The molecule has 0 saturated heterocycles. The molecule has 0 aromatic heterocycles. The molecule has 0 bridgehead atoms. The molecule has 0 aliphatic carbocycles. The summed E-state index contributed by atoms with van der Waals surface area (Å²) in [6.07, 6.45) is 0.670. The van der Waals surface area contributed by atoms with Crippen LogP contribution in [0, 0.1) is 17.2 Å². The fourth-order valence-electron chi connectivity index (χ4n) is 1.70. The van der Waals surface area contributed by atoms with Crippen molar-refractivity contribution in [2.45, 2.75) is 53.2 Å². The summed E-state index contributed by atoms with van der Waals surface area (Å²) in [7, 11) is 1.67. The van der Waals surface area contributed by atoms with Gasteiger partial charge >= 0.3 is 5.97 Å². The van der Waals surface area contributed by atoms with E-state index in [9.17, 15) is 14.4 Å². The second kappa shape index (κ2) is 8.44. The maximum Gasteiger partial charge on any atom is 0.303 e. The molecule has 0 aliphatic rings. The molecule has 7 heteroatoms. The Morgan fingerprint density at radius 3 is 2.17 bits per heavy atom. The molecule has 7 nitrogen and oxygen atoms in total. The van der Waals surface area contributed by atoms with E-state index in [1.807, 2.05) is 26.8 Å². The average Bonchev–Trinajstić information content (AvgIpc) is 2.42. The van der Waals surface area contributed by atoms with Crippen LogP contribution in [-0.4, -0.2) is 41.4 Å². The average molecular weight is 323 g/mol. The summed E-state index contributed by atoms with van der Waals surface area (Å²) in [6.45, 7) is 9.61. The Balaban J connectivity index is 5.06. The number of nitriles is 1. The molecule has 2 atom stereocenters. The van der Waals surface area contributed by atoms with Gasteiger partial charge < -0.3 is 4.74 Å². The van der Waals surface area contributed by atoms with Gasteiger partial charge in [0.25, 0.3) is 5.91 Å². The third-order valence-corrected chi connectivity index (χ3v) is 3.89. The van der Waals surface area contributed by atoms with E-state index in [1.54, 1.807) is 18.1 Å². The minimum atomic E-state index is -0.913. The molecule has 0 fully saturated rings. The zero-order chi connectivity index (χ0) is 18.4. The van der Waals surface area contributed by atoms with Crippen LogP contribution in [-0.2, 0) is 19.1 Å². The van der Waals surface area contributed by atoms with Crippen LogP contribution in [0.2, 0.25) is 0 Å². The Morgan fingerprint density at radius 2 is 1.78 bits per heavy atom. The first kappa shape index (κ1) is 20.8. The van der Waals surface area contributed by atoms with Gasteiger partial charge in [0.1, 0.15) is 6.07 Å². The van der Waals surface area contributed by atoms with Crippen molar-refractivity contribution in [1.29, 1.82) is 5.26 Å². The number of carbonyl (C=O) groups is 3. The van der Waals surface area contributed by atoms with E-state index in [4.69, 9.17) is 10.00 Å². The number of ether oxygens (including phenoxy) is 1. The lowest BCUT2D eigenvalue weighted by Gasteiger charge is -2.39. The Kier molecular flexibility index (Phi) is 7.63. The van der Waals surface area contributed by atoms with Gasteiger partial charge in [-0.2, -0.15) is 5.26 Å². The fourth-order valence-corrected chi connectivity index (χ4v) is 1.70. The molecule has 128 valence electrons. The number of nitrogens with zero attached hydrogens (tertiary/aromatic N) is 2. The molecular formula is C16H25N3O4. The van der Waals surface area contributed by atoms with E-state index in [-0.39, 0.29) is 17.3 Å². The molecule has 1 unspecified atom stereocenters. The highest BCUT2D eigenvalue weighted by atomic mass is 16.5. The van der Waals surface area contributed by atoms with Gasteiger partial charge in [-0.05, 0) is 33.6 Å². The smallest absolute Gasteiger partial charge is 0.303 e. The monoisotopic (exact) mass is 323 g/mol. The van der Waals surface area contributed by atoms with Crippen LogP contribution in [0.15, 0.2) is 11.6 Å². The van der Waals surface area contributed by atoms with Gasteiger partial charge in [0.05, 0.1) is 5.57 Å². The van der Waals surface area contributed by atoms with Crippen molar-refractivity contribution in [2.24, 2.45) is 5.92 Å². The van der Waals surface area contributed by atoms with Crippen LogP contribution in [0.4, 0.5) is 0 Å². The van der Waals surface area contributed by atoms with E-state index in [2.05, 4.69) is 5.43 Å². The maximum absolute atomic E-state index is 12.0. The lowest BCUT2D eigenvalue weighted by molar-refractivity contribution is -0.155. The predicted molar refractivity (Wildman–Crippen MR) is 84.8 cm³/mol. The van der Waals surface area contributed by atoms with Crippen LogP contribution in [0.3, 0.4) is 0 Å². The van der Waals surface area contributed by atoms with Gasteiger partial charge in [-0.15, -0.1) is 0 Å². The molecular weight excluding hydrogens is 298 g/mol. The number of amides is 1. The van der Waals surface area contributed by atoms with E-state index < -0.39 is 23.5 Å². The van der Waals surface area contributed by atoms with E-state index in [1.165, 1.54) is 20.8 Å². The topological polar surface area (TPSA) is 99.5 Å². The first-order valence-corrected chi connectivity index (χ1v) is 7.27. The maximum atomic E-state index is 12.0. The predicted octanol–water partition coefficient (Wildman–Crippen LogP) is 1.35. The Morgan fingerprint density at radius 1 is 1.26 bits per heavy atom. The highest BCUT2D eigenvalue weighted by molar-refractivity contribution is 5.97. The molecule has 0 saturated carbocycles. The SMILES string of the molecule is CC(=O)O[C@@H](C)C(=O)NN(C)C(C)(C)C(C)/C=C(/C#N)C(C)=O. The molecule has 0 radical (unpaired) electrons. The highest BCUT2D eigenvalue weighted by Crippen LogP contribution is 2.24. The third-order valence-electron chi connectivity index (χ3n) is 3.89. The van der Waals surface area contributed by atoms with Crippen LogP contribution in [0.1, 0.15) is 41.5 Å². The van der Waals surface area contributed by atoms with E-state index in [0.29, 0.717) is 0 Å². The van der Waals surface area contributed by atoms with Gasteiger partial charge in [-0.25, -0.2) is 5.01 Å². The van der Waals surface area contributed by atoms with E-state index in [0.717, 1.165) is 0 Å². The first-order chi connectivity index (χ1) is 10.4. The number of allylic oxidation sites excluding steroid dienone is 1. The van der Waals surface area contributed by atoms with Gasteiger partial charge in [0.2, 0.25) is 0 Å².